The second-order valence-corrected chi connectivity index (χ2v) is 6.59. The lowest BCUT2D eigenvalue weighted by Gasteiger charge is -2.33. The van der Waals surface area contributed by atoms with Crippen molar-refractivity contribution >= 4 is 11.9 Å². The summed E-state index contributed by atoms with van der Waals surface area (Å²) in [7, 11) is 0. The maximum atomic E-state index is 13.1. The molecule has 6 heteroatoms. The first-order valence-corrected chi connectivity index (χ1v) is 9.13. The van der Waals surface area contributed by atoms with Gasteiger partial charge in [0.15, 0.2) is 5.96 Å². The van der Waals surface area contributed by atoms with Crippen LogP contribution < -0.4 is 10.6 Å². The fourth-order valence-electron chi connectivity index (χ4n) is 3.06. The lowest BCUT2D eigenvalue weighted by atomic mass is 10.0. The summed E-state index contributed by atoms with van der Waals surface area (Å²) in [4.78, 5) is 18.9. The molecule has 0 radical (unpaired) electrons. The molecule has 1 aliphatic rings. The Kier molecular flexibility index (Phi) is 7.70. The molecule has 1 aliphatic heterocycles. The fourth-order valence-corrected chi connectivity index (χ4v) is 3.06. The van der Waals surface area contributed by atoms with Gasteiger partial charge < -0.3 is 15.5 Å². The van der Waals surface area contributed by atoms with E-state index in [1.54, 1.807) is 12.1 Å². The maximum absolute atomic E-state index is 13.1. The molecular formula is C19H29FN4O. The number of nitrogens with one attached hydrogen (secondary N) is 2. The van der Waals surface area contributed by atoms with E-state index in [0.717, 1.165) is 25.6 Å². The van der Waals surface area contributed by atoms with Crippen LogP contribution in [0.2, 0.25) is 0 Å². The number of guanidine groups is 1. The van der Waals surface area contributed by atoms with Crippen LogP contribution in [-0.2, 0) is 11.2 Å². The Morgan fingerprint density at radius 2 is 2.24 bits per heavy atom. The average Bonchev–Trinajstić information content (AvgIpc) is 2.57. The van der Waals surface area contributed by atoms with E-state index < -0.39 is 0 Å². The van der Waals surface area contributed by atoms with Gasteiger partial charge in [-0.3, -0.25) is 9.79 Å². The molecule has 2 N–H and O–H groups in total. The zero-order chi connectivity index (χ0) is 18.1. The maximum Gasteiger partial charge on any atom is 0.224 e. The molecule has 0 bridgehead atoms. The van der Waals surface area contributed by atoms with E-state index in [4.69, 9.17) is 0 Å². The second-order valence-electron chi connectivity index (χ2n) is 6.59. The van der Waals surface area contributed by atoms with Crippen molar-refractivity contribution in [1.29, 1.82) is 0 Å². The smallest absolute Gasteiger partial charge is 0.224 e. The van der Waals surface area contributed by atoms with Crippen LogP contribution in [-0.4, -0.2) is 49.5 Å². The van der Waals surface area contributed by atoms with Crippen molar-refractivity contribution in [3.8, 4) is 0 Å². The normalized spacial score (nSPS) is 18.1. The summed E-state index contributed by atoms with van der Waals surface area (Å²) in [6.45, 7) is 8.22. The predicted octanol–water partition coefficient (Wildman–Crippen LogP) is 2.18. The van der Waals surface area contributed by atoms with E-state index in [-0.39, 0.29) is 18.1 Å². The van der Waals surface area contributed by atoms with Crippen molar-refractivity contribution in [2.24, 2.45) is 10.9 Å². The van der Waals surface area contributed by atoms with Crippen molar-refractivity contribution in [1.82, 2.24) is 15.5 Å². The van der Waals surface area contributed by atoms with Gasteiger partial charge in [0.25, 0.3) is 0 Å². The van der Waals surface area contributed by atoms with Gasteiger partial charge in [0.1, 0.15) is 5.82 Å². The van der Waals surface area contributed by atoms with Crippen LogP contribution in [0, 0.1) is 11.7 Å². The van der Waals surface area contributed by atoms with Gasteiger partial charge in [0.05, 0.1) is 13.0 Å². The van der Waals surface area contributed by atoms with E-state index in [9.17, 15) is 9.18 Å². The molecule has 1 aromatic rings. The first kappa shape index (κ1) is 19.2. The van der Waals surface area contributed by atoms with E-state index in [1.165, 1.54) is 25.0 Å². The molecule has 2 rings (SSSR count). The number of aliphatic imine (C=N–C) groups is 1. The van der Waals surface area contributed by atoms with E-state index >= 15 is 0 Å². The number of hydrogen-bond acceptors (Lipinski definition) is 2. The lowest BCUT2D eigenvalue weighted by molar-refractivity contribution is -0.120. The van der Waals surface area contributed by atoms with Crippen molar-refractivity contribution in [2.75, 3.05) is 32.7 Å². The highest BCUT2D eigenvalue weighted by atomic mass is 19.1. The van der Waals surface area contributed by atoms with Crippen LogP contribution in [0.5, 0.6) is 0 Å². The van der Waals surface area contributed by atoms with E-state index in [2.05, 4.69) is 34.4 Å². The third-order valence-corrected chi connectivity index (χ3v) is 4.24. The van der Waals surface area contributed by atoms with Gasteiger partial charge in [-0.2, -0.15) is 0 Å². The average molecular weight is 348 g/mol. The second kappa shape index (κ2) is 10.0. The Balaban J connectivity index is 1.78. The number of rotatable bonds is 6. The Morgan fingerprint density at radius 3 is 2.96 bits per heavy atom. The summed E-state index contributed by atoms with van der Waals surface area (Å²) in [5, 5.41) is 6.17. The minimum absolute atomic E-state index is 0.114. The number of nitrogens with zero attached hydrogens (tertiary/aromatic N) is 2. The summed E-state index contributed by atoms with van der Waals surface area (Å²) in [5.41, 5.74) is 0.677. The molecular weight excluding hydrogens is 319 g/mol. The topological polar surface area (TPSA) is 56.7 Å². The standard InChI is InChI=1S/C19H29FN4O/c1-3-21-19(24-11-5-6-15(2)14-24)23-10-9-22-18(25)13-16-7-4-8-17(20)12-16/h4,7-8,12,15H,3,5-6,9-11,13-14H2,1-2H3,(H,21,23)(H,22,25). The van der Waals surface area contributed by atoms with Gasteiger partial charge >= 0.3 is 0 Å². The highest BCUT2D eigenvalue weighted by Gasteiger charge is 2.18. The largest absolute Gasteiger partial charge is 0.357 e. The van der Waals surface area contributed by atoms with Gasteiger partial charge in [-0.15, -0.1) is 0 Å². The zero-order valence-electron chi connectivity index (χ0n) is 15.2. The van der Waals surface area contributed by atoms with Crippen molar-refractivity contribution < 1.29 is 9.18 Å². The minimum Gasteiger partial charge on any atom is -0.357 e. The molecule has 1 fully saturated rings. The number of carbonyl (C=O) groups excluding carboxylic acids is 1. The van der Waals surface area contributed by atoms with E-state index in [0.29, 0.717) is 24.6 Å². The minimum atomic E-state index is -0.319. The molecule has 1 saturated heterocycles. The number of halogens is 1. The molecule has 1 aromatic carbocycles. The number of piperidine rings is 1. The quantitative estimate of drug-likeness (QED) is 0.471. The van der Waals surface area contributed by atoms with Gasteiger partial charge in [0, 0.05) is 26.2 Å². The molecule has 1 atom stereocenters. The summed E-state index contributed by atoms with van der Waals surface area (Å²) in [5.74, 6) is 1.18. The van der Waals surface area contributed by atoms with Crippen LogP contribution in [0.4, 0.5) is 4.39 Å². The Bertz CT molecular complexity index is 591. The van der Waals surface area contributed by atoms with Gasteiger partial charge in [0.2, 0.25) is 5.91 Å². The first-order valence-electron chi connectivity index (χ1n) is 9.13. The Morgan fingerprint density at radius 1 is 1.40 bits per heavy atom. The van der Waals surface area contributed by atoms with Crippen LogP contribution in [0.1, 0.15) is 32.3 Å². The van der Waals surface area contributed by atoms with Crippen LogP contribution in [0.15, 0.2) is 29.3 Å². The third-order valence-electron chi connectivity index (χ3n) is 4.24. The number of benzene rings is 1. The molecule has 25 heavy (non-hydrogen) atoms. The van der Waals surface area contributed by atoms with Crippen molar-refractivity contribution in [3.63, 3.8) is 0 Å². The summed E-state index contributed by atoms with van der Waals surface area (Å²) >= 11 is 0. The molecule has 0 saturated carbocycles. The van der Waals surface area contributed by atoms with Crippen LogP contribution in [0.3, 0.4) is 0 Å². The molecule has 1 heterocycles. The lowest BCUT2D eigenvalue weighted by Crippen LogP contribution is -2.46. The Labute approximate surface area is 149 Å². The molecule has 0 spiro atoms. The monoisotopic (exact) mass is 348 g/mol. The summed E-state index contributed by atoms with van der Waals surface area (Å²) in [6, 6.07) is 6.13. The number of hydrogen-bond donors (Lipinski definition) is 2. The Hall–Kier alpha value is -2.11. The molecule has 138 valence electrons. The number of carbonyl (C=O) groups is 1. The van der Waals surface area contributed by atoms with Crippen LogP contribution in [0.25, 0.3) is 0 Å². The van der Waals surface area contributed by atoms with Gasteiger partial charge in [-0.1, -0.05) is 19.1 Å². The van der Waals surface area contributed by atoms with Gasteiger partial charge in [-0.05, 0) is 43.4 Å². The van der Waals surface area contributed by atoms with Crippen molar-refractivity contribution in [2.45, 2.75) is 33.1 Å². The predicted molar refractivity (Wildman–Crippen MR) is 99.1 cm³/mol. The summed E-state index contributed by atoms with van der Waals surface area (Å²) < 4.78 is 13.1. The number of likely N-dealkylation sites (tertiary alicyclic amines) is 1. The highest BCUT2D eigenvalue weighted by molar-refractivity contribution is 5.80. The van der Waals surface area contributed by atoms with Crippen LogP contribution >= 0.6 is 0 Å². The third kappa shape index (κ3) is 6.72. The molecule has 0 aliphatic carbocycles. The van der Waals surface area contributed by atoms with Gasteiger partial charge in [-0.25, -0.2) is 4.39 Å². The highest BCUT2D eigenvalue weighted by Crippen LogP contribution is 2.15. The fraction of sp³-hybridized carbons (Fsp3) is 0.579. The van der Waals surface area contributed by atoms with E-state index in [1.807, 2.05) is 0 Å². The molecule has 1 unspecified atom stereocenters. The zero-order valence-corrected chi connectivity index (χ0v) is 15.2. The molecule has 0 aromatic heterocycles. The van der Waals surface area contributed by atoms with Crippen molar-refractivity contribution in [3.05, 3.63) is 35.6 Å². The molecule has 5 nitrogen and oxygen atoms in total. The number of amides is 1. The first-order chi connectivity index (χ1) is 12.1. The molecule has 1 amide bonds. The summed E-state index contributed by atoms with van der Waals surface area (Å²) in [6.07, 6.45) is 2.65. The SMILES string of the molecule is CCNC(=NCCNC(=O)Cc1cccc(F)c1)N1CCCC(C)C1.